The zero-order valence-electron chi connectivity index (χ0n) is 23.2. The second-order valence-electron chi connectivity index (χ2n) is 12.8. The van der Waals surface area contributed by atoms with E-state index in [4.69, 9.17) is 10.7 Å². The van der Waals surface area contributed by atoms with Crippen LogP contribution in [-0.2, 0) is 11.8 Å². The second-order valence-corrected chi connectivity index (χ2v) is 12.8. The monoisotopic (exact) mass is 532 g/mol. The molecule has 10 heteroatoms. The Morgan fingerprint density at radius 2 is 1.90 bits per heavy atom. The maximum Gasteiger partial charge on any atom is 0.165 e. The molecule has 10 nitrogen and oxygen atoms in total. The Morgan fingerprint density at radius 1 is 1.10 bits per heavy atom. The molecule has 6 rings (SSSR count). The van der Waals surface area contributed by atoms with E-state index in [9.17, 15) is 10.2 Å². The number of H-pyrrole nitrogens is 1. The van der Waals surface area contributed by atoms with Crippen molar-refractivity contribution >= 4 is 28.0 Å². The van der Waals surface area contributed by atoms with E-state index in [1.807, 2.05) is 4.57 Å². The van der Waals surface area contributed by atoms with Gasteiger partial charge in [0.05, 0.1) is 29.5 Å². The van der Waals surface area contributed by atoms with Crippen molar-refractivity contribution in [1.82, 2.24) is 34.4 Å². The van der Waals surface area contributed by atoms with Gasteiger partial charge in [-0.1, -0.05) is 26.8 Å². The highest BCUT2D eigenvalue weighted by molar-refractivity contribution is 5.81. The van der Waals surface area contributed by atoms with Crippen molar-refractivity contribution in [3.8, 4) is 0 Å². The number of aliphatic hydroxyl groups is 2. The predicted molar refractivity (Wildman–Crippen MR) is 151 cm³/mol. The lowest BCUT2D eigenvalue weighted by atomic mass is 9.76. The van der Waals surface area contributed by atoms with Crippen LogP contribution in [0.25, 0.3) is 22.2 Å². The minimum Gasteiger partial charge on any atom is -0.390 e. The molecule has 0 amide bonds. The van der Waals surface area contributed by atoms with Crippen molar-refractivity contribution in [1.29, 1.82) is 0 Å². The average Bonchev–Trinajstić information content (AvgIpc) is 3.54. The summed E-state index contributed by atoms with van der Waals surface area (Å²) >= 11 is 0. The van der Waals surface area contributed by atoms with Crippen LogP contribution in [0.1, 0.15) is 63.9 Å². The summed E-state index contributed by atoms with van der Waals surface area (Å²) in [5.41, 5.74) is 10.6. The molecule has 3 aromatic heterocycles. The van der Waals surface area contributed by atoms with E-state index in [1.54, 1.807) is 6.33 Å². The molecule has 5 N–H and O–H groups in total. The summed E-state index contributed by atoms with van der Waals surface area (Å²) in [5, 5.41) is 21.8. The van der Waals surface area contributed by atoms with Crippen LogP contribution in [0.2, 0.25) is 0 Å². The Morgan fingerprint density at radius 3 is 2.67 bits per heavy atom. The topological polar surface area (TPSA) is 142 Å². The predicted octanol–water partition coefficient (Wildman–Crippen LogP) is 3.21. The fraction of sp³-hybridized carbons (Fsp3) is 0.586. The van der Waals surface area contributed by atoms with Crippen molar-refractivity contribution in [2.45, 2.75) is 82.6 Å². The Balaban J connectivity index is 1.01. The van der Waals surface area contributed by atoms with E-state index >= 15 is 0 Å². The first-order chi connectivity index (χ1) is 18.6. The quantitative estimate of drug-likeness (QED) is 0.284. The first-order valence-corrected chi connectivity index (χ1v) is 14.1. The molecule has 4 atom stereocenters. The summed E-state index contributed by atoms with van der Waals surface area (Å²) in [6, 6.07) is 6.76. The molecule has 0 saturated heterocycles. The molecule has 0 spiro atoms. The van der Waals surface area contributed by atoms with Crippen LogP contribution in [0.4, 0.5) is 5.82 Å². The standard InChI is InChI=1S/C29H40N8O2/c1-29(2,3)18-6-7-20-21(12-18)35-23(34-20)8-5-16-9-19(10-16)36(4)13-17-11-22(26(39)25(17)38)37-15-33-24-27(30)31-14-32-28(24)37/h6-7,12,14-17,19,22,25-26,38-39H,5,8-11,13H2,1-4H3,(H,34,35)(H2,30,31,32)/t16-,17-,19-,22-,25-,26+/m1/s1. The normalized spacial score (nSPS) is 27.6. The molecular formula is C29H40N8O2. The molecule has 0 aliphatic heterocycles. The van der Waals surface area contributed by atoms with Gasteiger partial charge in [-0.2, -0.15) is 0 Å². The fourth-order valence-electron chi connectivity index (χ4n) is 6.47. The van der Waals surface area contributed by atoms with Crippen LogP contribution in [0.5, 0.6) is 0 Å². The number of aromatic amines is 1. The Bertz CT molecular complexity index is 1470. The number of benzene rings is 1. The summed E-state index contributed by atoms with van der Waals surface area (Å²) < 4.78 is 1.84. The Kier molecular flexibility index (Phi) is 6.60. The molecule has 2 aliphatic carbocycles. The number of fused-ring (bicyclic) bond motifs is 2. The van der Waals surface area contributed by atoms with Crippen LogP contribution in [-0.4, -0.2) is 76.4 Å². The molecular weight excluding hydrogens is 492 g/mol. The van der Waals surface area contributed by atoms with Crippen LogP contribution in [0.15, 0.2) is 30.9 Å². The van der Waals surface area contributed by atoms with Gasteiger partial charge in [0, 0.05) is 24.9 Å². The molecule has 0 unspecified atom stereocenters. The number of aromatic nitrogens is 6. The highest BCUT2D eigenvalue weighted by atomic mass is 16.3. The van der Waals surface area contributed by atoms with Crippen LogP contribution >= 0.6 is 0 Å². The number of nitrogens with one attached hydrogen (secondary N) is 1. The third-order valence-corrected chi connectivity index (χ3v) is 9.06. The molecule has 2 fully saturated rings. The summed E-state index contributed by atoms with van der Waals surface area (Å²) in [6.07, 6.45) is 6.43. The smallest absolute Gasteiger partial charge is 0.165 e. The van der Waals surface area contributed by atoms with Gasteiger partial charge < -0.3 is 30.4 Å². The summed E-state index contributed by atoms with van der Waals surface area (Å²) in [6.45, 7) is 7.43. The molecule has 2 saturated carbocycles. The van der Waals surface area contributed by atoms with Crippen molar-refractivity contribution in [2.75, 3.05) is 19.3 Å². The van der Waals surface area contributed by atoms with Crippen LogP contribution in [0, 0.1) is 11.8 Å². The molecule has 208 valence electrons. The lowest BCUT2D eigenvalue weighted by Gasteiger charge is -2.42. The van der Waals surface area contributed by atoms with Crippen molar-refractivity contribution in [2.24, 2.45) is 11.8 Å². The third-order valence-electron chi connectivity index (χ3n) is 9.06. The van der Waals surface area contributed by atoms with Crippen molar-refractivity contribution in [3.05, 3.63) is 42.2 Å². The lowest BCUT2D eigenvalue weighted by Crippen LogP contribution is -2.46. The number of rotatable bonds is 7. The average molecular weight is 533 g/mol. The Hall–Kier alpha value is -3.08. The maximum atomic E-state index is 10.9. The van der Waals surface area contributed by atoms with E-state index < -0.39 is 12.2 Å². The highest BCUT2D eigenvalue weighted by Gasteiger charge is 2.44. The van der Waals surface area contributed by atoms with Gasteiger partial charge in [-0.3, -0.25) is 0 Å². The number of aliphatic hydroxyl groups excluding tert-OH is 2. The van der Waals surface area contributed by atoms with Gasteiger partial charge in [0.2, 0.25) is 0 Å². The summed E-state index contributed by atoms with van der Waals surface area (Å²) in [5.74, 6) is 2.04. The number of hydrogen-bond acceptors (Lipinski definition) is 8. The van der Waals surface area contributed by atoms with E-state index in [-0.39, 0.29) is 17.4 Å². The summed E-state index contributed by atoms with van der Waals surface area (Å²) in [4.78, 5) is 23.4. The van der Waals surface area contributed by atoms with Gasteiger partial charge in [-0.25, -0.2) is 19.9 Å². The first-order valence-electron chi connectivity index (χ1n) is 14.1. The molecule has 4 aromatic rings. The molecule has 2 aliphatic rings. The van der Waals surface area contributed by atoms with Gasteiger partial charge in [0.25, 0.3) is 0 Å². The van der Waals surface area contributed by atoms with Gasteiger partial charge in [-0.15, -0.1) is 0 Å². The van der Waals surface area contributed by atoms with E-state index in [0.717, 1.165) is 49.1 Å². The highest BCUT2D eigenvalue weighted by Crippen LogP contribution is 2.40. The fourth-order valence-corrected chi connectivity index (χ4v) is 6.47. The minimum atomic E-state index is -0.880. The number of nitrogen functional groups attached to an aromatic ring is 1. The minimum absolute atomic E-state index is 0.0285. The number of aryl methyl sites for hydroxylation is 1. The van der Waals surface area contributed by atoms with E-state index in [0.29, 0.717) is 35.4 Å². The lowest BCUT2D eigenvalue weighted by molar-refractivity contribution is -0.00662. The van der Waals surface area contributed by atoms with Gasteiger partial charge in [0.1, 0.15) is 23.8 Å². The molecule has 39 heavy (non-hydrogen) atoms. The van der Waals surface area contributed by atoms with Crippen LogP contribution in [0.3, 0.4) is 0 Å². The third kappa shape index (κ3) is 4.90. The number of nitrogens with two attached hydrogens (primary N) is 1. The summed E-state index contributed by atoms with van der Waals surface area (Å²) in [7, 11) is 2.14. The maximum absolute atomic E-state index is 10.9. The zero-order chi connectivity index (χ0) is 27.5. The molecule has 0 bridgehead atoms. The number of hydrogen-bond donors (Lipinski definition) is 4. The van der Waals surface area contributed by atoms with Gasteiger partial charge in [0.15, 0.2) is 11.5 Å². The number of imidazole rings is 2. The van der Waals surface area contributed by atoms with E-state index in [1.165, 1.54) is 11.9 Å². The van der Waals surface area contributed by atoms with E-state index in [2.05, 4.69) is 70.9 Å². The molecule has 0 radical (unpaired) electrons. The second kappa shape index (κ2) is 9.83. The zero-order valence-corrected chi connectivity index (χ0v) is 23.2. The first kappa shape index (κ1) is 26.2. The van der Waals surface area contributed by atoms with Gasteiger partial charge in [-0.05, 0) is 61.8 Å². The largest absolute Gasteiger partial charge is 0.390 e. The number of nitrogens with zero attached hydrogens (tertiary/aromatic N) is 6. The van der Waals surface area contributed by atoms with Crippen LogP contribution < -0.4 is 5.73 Å². The van der Waals surface area contributed by atoms with Gasteiger partial charge >= 0.3 is 0 Å². The molecule has 3 heterocycles. The Labute approximate surface area is 228 Å². The number of anilines is 1. The van der Waals surface area contributed by atoms with Crippen molar-refractivity contribution in [3.63, 3.8) is 0 Å². The SMILES string of the molecule is CN(C[C@H]1C[C@@H](n2cnc3c(N)ncnc32)[C@H](O)[C@@H]1O)[C@H]1C[C@H](CCc2nc3cc(C(C)(C)C)ccc3[nH]2)C1. The van der Waals surface area contributed by atoms with Crippen molar-refractivity contribution < 1.29 is 10.2 Å². The molecule has 1 aromatic carbocycles.